The zero-order chi connectivity index (χ0) is 27.0. The summed E-state index contributed by atoms with van der Waals surface area (Å²) < 4.78 is 38.9. The maximum absolute atomic E-state index is 12.2. The Morgan fingerprint density at radius 2 is 0.800 bits per heavy atom. The third-order valence-electron chi connectivity index (χ3n) is 5.24. The monoisotopic (exact) mass is 506 g/mol. The van der Waals surface area contributed by atoms with Gasteiger partial charge in [-0.3, -0.25) is 0 Å². The molecule has 35 heavy (non-hydrogen) atoms. The number of rotatable bonds is 20. The third kappa shape index (κ3) is 16.9. The average molecular weight is 507 g/mol. The van der Waals surface area contributed by atoms with E-state index in [9.17, 15) is 9.59 Å². The topological polar surface area (TPSA) is 98.8 Å². The van der Waals surface area contributed by atoms with Crippen molar-refractivity contribution in [1.29, 1.82) is 0 Å². The highest BCUT2D eigenvalue weighted by molar-refractivity contribution is 5.74. The molecule has 0 aliphatic carbocycles. The third-order valence-corrected chi connectivity index (χ3v) is 5.24. The Morgan fingerprint density at radius 1 is 0.486 bits per heavy atom. The molecule has 208 valence electrons. The minimum absolute atomic E-state index is 0.118. The molecule has 0 heterocycles. The summed E-state index contributed by atoms with van der Waals surface area (Å²) in [7, 11) is 0. The predicted octanol–water partition coefficient (Wildman–Crippen LogP) is 4.08. The van der Waals surface area contributed by atoms with E-state index in [4.69, 9.17) is 33.2 Å². The van der Waals surface area contributed by atoms with E-state index in [-0.39, 0.29) is 63.1 Å². The molecule has 0 saturated carbocycles. The SMILES string of the molecule is CCC(C)OC(C)COC(=O)C(C)OC(C)COCC(C)OC(C)C(=O)OCC(C)OC(C)CC. The molecule has 0 amide bonds. The normalized spacial score (nSPS) is 18.6. The molecule has 0 rings (SSSR count). The summed E-state index contributed by atoms with van der Waals surface area (Å²) >= 11 is 0. The number of ether oxygens (including phenoxy) is 7. The van der Waals surface area contributed by atoms with Gasteiger partial charge in [-0.25, -0.2) is 9.59 Å². The van der Waals surface area contributed by atoms with Gasteiger partial charge < -0.3 is 33.2 Å². The maximum atomic E-state index is 12.2. The molecule has 0 aromatic carbocycles. The van der Waals surface area contributed by atoms with Gasteiger partial charge in [0.15, 0.2) is 12.2 Å². The van der Waals surface area contributed by atoms with Crippen LogP contribution in [0.2, 0.25) is 0 Å². The summed E-state index contributed by atoms with van der Waals surface area (Å²) in [5, 5.41) is 0. The largest absolute Gasteiger partial charge is 0.461 e. The minimum Gasteiger partial charge on any atom is -0.461 e. The van der Waals surface area contributed by atoms with E-state index in [1.54, 1.807) is 13.8 Å². The van der Waals surface area contributed by atoms with Crippen LogP contribution in [0.1, 0.15) is 82.1 Å². The molecule has 0 aromatic heterocycles. The molecule has 0 bridgehead atoms. The Kier molecular flexibility index (Phi) is 18.3. The fourth-order valence-electron chi connectivity index (χ4n) is 2.98. The van der Waals surface area contributed by atoms with Crippen LogP contribution in [0.15, 0.2) is 0 Å². The first kappa shape index (κ1) is 33.7. The lowest BCUT2D eigenvalue weighted by molar-refractivity contribution is -0.168. The molecule has 0 aliphatic rings. The Balaban J connectivity index is 4.11. The van der Waals surface area contributed by atoms with Crippen molar-refractivity contribution < 1.29 is 42.7 Å². The number of carbonyl (C=O) groups excluding carboxylic acids is 2. The summed E-state index contributed by atoms with van der Waals surface area (Å²) in [6, 6.07) is 0. The Morgan fingerprint density at radius 3 is 1.11 bits per heavy atom. The molecule has 0 N–H and O–H groups in total. The summed E-state index contributed by atoms with van der Waals surface area (Å²) in [4.78, 5) is 24.3. The van der Waals surface area contributed by atoms with Crippen molar-refractivity contribution in [3.63, 3.8) is 0 Å². The van der Waals surface area contributed by atoms with Crippen molar-refractivity contribution >= 4 is 11.9 Å². The van der Waals surface area contributed by atoms with Crippen LogP contribution >= 0.6 is 0 Å². The molecule has 0 aromatic rings. The smallest absolute Gasteiger partial charge is 0.335 e. The van der Waals surface area contributed by atoms with Gasteiger partial charge in [0.2, 0.25) is 0 Å². The van der Waals surface area contributed by atoms with Crippen molar-refractivity contribution in [3.8, 4) is 0 Å². The number of carbonyl (C=O) groups is 2. The second kappa shape index (κ2) is 18.9. The van der Waals surface area contributed by atoms with E-state index in [2.05, 4.69) is 0 Å². The van der Waals surface area contributed by atoms with E-state index in [1.807, 2.05) is 55.4 Å². The molecule has 9 heteroatoms. The number of esters is 2. The first-order valence-corrected chi connectivity index (χ1v) is 12.9. The van der Waals surface area contributed by atoms with Gasteiger partial charge in [-0.05, 0) is 68.2 Å². The minimum atomic E-state index is -0.723. The highest BCUT2D eigenvalue weighted by Crippen LogP contribution is 2.08. The molecule has 9 nitrogen and oxygen atoms in total. The fourth-order valence-corrected chi connectivity index (χ4v) is 2.98. The Labute approximate surface area is 212 Å². The fraction of sp³-hybridized carbons (Fsp3) is 0.923. The van der Waals surface area contributed by atoms with Crippen LogP contribution in [0.3, 0.4) is 0 Å². The van der Waals surface area contributed by atoms with Crippen LogP contribution in [0.4, 0.5) is 0 Å². The van der Waals surface area contributed by atoms with E-state index in [0.29, 0.717) is 0 Å². The highest BCUT2D eigenvalue weighted by Gasteiger charge is 2.22. The Bertz CT molecular complexity index is 523. The zero-order valence-electron chi connectivity index (χ0n) is 23.5. The zero-order valence-corrected chi connectivity index (χ0v) is 23.5. The van der Waals surface area contributed by atoms with Gasteiger partial charge in [0.25, 0.3) is 0 Å². The molecular formula is C26H50O9. The standard InChI is InChI=1S/C26H50O9/c1-11-17(3)32-21(7)15-30-25(27)23(9)34-19(5)13-29-14-20(6)35-24(10)26(28)31-16-22(8)33-18(4)12-2/h17-24H,11-16H2,1-10H3. The summed E-state index contributed by atoms with van der Waals surface area (Å²) in [5.41, 5.74) is 0. The van der Waals surface area contributed by atoms with Crippen LogP contribution in [-0.4, -0.2) is 87.2 Å². The van der Waals surface area contributed by atoms with Crippen LogP contribution in [0.25, 0.3) is 0 Å². The first-order valence-electron chi connectivity index (χ1n) is 12.9. The lowest BCUT2D eigenvalue weighted by Crippen LogP contribution is -2.34. The lowest BCUT2D eigenvalue weighted by Gasteiger charge is -2.22. The van der Waals surface area contributed by atoms with E-state index in [0.717, 1.165) is 12.8 Å². The average Bonchev–Trinajstić information content (AvgIpc) is 2.80. The molecular weight excluding hydrogens is 456 g/mol. The van der Waals surface area contributed by atoms with Gasteiger partial charge in [0.1, 0.15) is 13.2 Å². The van der Waals surface area contributed by atoms with Crippen LogP contribution in [0.5, 0.6) is 0 Å². The van der Waals surface area contributed by atoms with E-state index in [1.165, 1.54) is 0 Å². The number of hydrogen-bond donors (Lipinski definition) is 0. The van der Waals surface area contributed by atoms with Crippen LogP contribution in [0, 0.1) is 0 Å². The van der Waals surface area contributed by atoms with Gasteiger partial charge in [-0.15, -0.1) is 0 Å². The van der Waals surface area contributed by atoms with Crippen molar-refractivity contribution in [3.05, 3.63) is 0 Å². The summed E-state index contributed by atoms with van der Waals surface area (Å²) in [6.45, 7) is 19.6. The quantitative estimate of drug-likeness (QED) is 0.226. The maximum Gasteiger partial charge on any atom is 0.335 e. The van der Waals surface area contributed by atoms with Crippen LogP contribution < -0.4 is 0 Å². The second-order valence-electron chi connectivity index (χ2n) is 9.31. The van der Waals surface area contributed by atoms with Crippen molar-refractivity contribution in [2.24, 2.45) is 0 Å². The van der Waals surface area contributed by atoms with Crippen molar-refractivity contribution in [2.45, 2.75) is 131 Å². The van der Waals surface area contributed by atoms with Gasteiger partial charge in [0.05, 0.1) is 49.8 Å². The Hall–Kier alpha value is -1.26. The van der Waals surface area contributed by atoms with Gasteiger partial charge in [0, 0.05) is 0 Å². The molecule has 0 radical (unpaired) electrons. The second-order valence-corrected chi connectivity index (χ2v) is 9.31. The molecule has 8 unspecified atom stereocenters. The molecule has 0 spiro atoms. The number of hydrogen-bond acceptors (Lipinski definition) is 9. The highest BCUT2D eigenvalue weighted by atomic mass is 16.6. The van der Waals surface area contributed by atoms with Gasteiger partial charge >= 0.3 is 11.9 Å². The molecule has 0 fully saturated rings. The predicted molar refractivity (Wildman–Crippen MR) is 133 cm³/mol. The molecule has 8 atom stereocenters. The van der Waals surface area contributed by atoms with Gasteiger partial charge in [-0.2, -0.15) is 0 Å². The first-order chi connectivity index (χ1) is 16.4. The van der Waals surface area contributed by atoms with Crippen molar-refractivity contribution in [2.75, 3.05) is 26.4 Å². The lowest BCUT2D eigenvalue weighted by atomic mass is 10.3. The van der Waals surface area contributed by atoms with Crippen molar-refractivity contribution in [1.82, 2.24) is 0 Å². The van der Waals surface area contributed by atoms with E-state index < -0.39 is 24.1 Å². The molecule has 0 saturated heterocycles. The van der Waals surface area contributed by atoms with Crippen LogP contribution in [-0.2, 0) is 42.7 Å². The summed E-state index contributed by atoms with van der Waals surface area (Å²) in [5.74, 6) is -0.881. The molecule has 0 aliphatic heterocycles. The van der Waals surface area contributed by atoms with Gasteiger partial charge in [-0.1, -0.05) is 13.8 Å². The van der Waals surface area contributed by atoms with E-state index >= 15 is 0 Å². The summed E-state index contributed by atoms with van der Waals surface area (Å²) in [6.07, 6.45) is -0.418.